The molecule has 1 N–H and O–H groups in total. The number of hydrogen-bond donors (Lipinski definition) is 1. The standard InChI is InChI=1S/C15H23NO3/c1-4-14(15(17)19-6-3)16-11-12-8-7-9-13(10-12)18-5-2/h7-10,14,16H,4-6,11H2,1-3H3. The van der Waals surface area contributed by atoms with Gasteiger partial charge in [0, 0.05) is 6.54 Å². The Morgan fingerprint density at radius 2 is 2.05 bits per heavy atom. The van der Waals surface area contributed by atoms with Gasteiger partial charge in [0.2, 0.25) is 0 Å². The van der Waals surface area contributed by atoms with Crippen LogP contribution in [0.5, 0.6) is 5.75 Å². The molecule has 19 heavy (non-hydrogen) atoms. The molecule has 1 aromatic carbocycles. The molecule has 1 atom stereocenters. The molecule has 0 heterocycles. The molecule has 0 spiro atoms. The molecular formula is C15H23NO3. The maximum absolute atomic E-state index is 11.7. The molecule has 0 saturated heterocycles. The minimum Gasteiger partial charge on any atom is -0.494 e. The second kappa shape index (κ2) is 8.53. The topological polar surface area (TPSA) is 47.6 Å². The van der Waals surface area contributed by atoms with E-state index in [4.69, 9.17) is 9.47 Å². The number of esters is 1. The Kier molecular flexibility index (Phi) is 6.97. The van der Waals surface area contributed by atoms with Gasteiger partial charge in [0.15, 0.2) is 0 Å². The molecule has 1 rings (SSSR count). The van der Waals surface area contributed by atoms with Crippen molar-refractivity contribution in [3.05, 3.63) is 29.8 Å². The van der Waals surface area contributed by atoms with Gasteiger partial charge in [-0.1, -0.05) is 19.1 Å². The van der Waals surface area contributed by atoms with Crippen LogP contribution in [-0.2, 0) is 16.1 Å². The van der Waals surface area contributed by atoms with E-state index in [9.17, 15) is 4.79 Å². The number of hydrogen-bond acceptors (Lipinski definition) is 4. The summed E-state index contributed by atoms with van der Waals surface area (Å²) >= 11 is 0. The average molecular weight is 265 g/mol. The van der Waals surface area contributed by atoms with E-state index in [1.165, 1.54) is 0 Å². The summed E-state index contributed by atoms with van der Waals surface area (Å²) in [5, 5.41) is 3.21. The van der Waals surface area contributed by atoms with Crippen molar-refractivity contribution in [1.82, 2.24) is 5.32 Å². The van der Waals surface area contributed by atoms with E-state index in [2.05, 4.69) is 5.32 Å². The zero-order chi connectivity index (χ0) is 14.1. The lowest BCUT2D eigenvalue weighted by atomic mass is 10.1. The summed E-state index contributed by atoms with van der Waals surface area (Å²) in [6.07, 6.45) is 0.712. The minimum absolute atomic E-state index is 0.189. The second-order valence-electron chi connectivity index (χ2n) is 4.17. The predicted octanol–water partition coefficient (Wildman–Crippen LogP) is 2.52. The van der Waals surface area contributed by atoms with Crippen LogP contribution in [0.2, 0.25) is 0 Å². The fraction of sp³-hybridized carbons (Fsp3) is 0.533. The lowest BCUT2D eigenvalue weighted by molar-refractivity contribution is -0.145. The van der Waals surface area contributed by atoms with Gasteiger partial charge in [-0.15, -0.1) is 0 Å². The van der Waals surface area contributed by atoms with Gasteiger partial charge in [0.05, 0.1) is 13.2 Å². The summed E-state index contributed by atoms with van der Waals surface area (Å²) in [4.78, 5) is 11.7. The molecule has 106 valence electrons. The molecule has 4 nitrogen and oxygen atoms in total. The molecule has 1 unspecified atom stereocenters. The summed E-state index contributed by atoms with van der Waals surface area (Å²) in [7, 11) is 0. The molecule has 0 radical (unpaired) electrons. The van der Waals surface area contributed by atoms with E-state index in [1.54, 1.807) is 0 Å². The average Bonchev–Trinajstić information content (AvgIpc) is 2.40. The summed E-state index contributed by atoms with van der Waals surface area (Å²) in [5.74, 6) is 0.664. The molecule has 0 bridgehead atoms. The first-order valence-corrected chi connectivity index (χ1v) is 6.83. The minimum atomic E-state index is -0.254. The monoisotopic (exact) mass is 265 g/mol. The van der Waals surface area contributed by atoms with E-state index >= 15 is 0 Å². The first kappa shape index (κ1) is 15.5. The molecule has 0 aromatic heterocycles. The van der Waals surface area contributed by atoms with Crippen molar-refractivity contribution in [2.24, 2.45) is 0 Å². The highest BCUT2D eigenvalue weighted by Gasteiger charge is 2.16. The van der Waals surface area contributed by atoms with Crippen LogP contribution in [0.25, 0.3) is 0 Å². The van der Waals surface area contributed by atoms with Crippen molar-refractivity contribution in [1.29, 1.82) is 0 Å². The third-order valence-electron chi connectivity index (χ3n) is 2.74. The molecule has 0 aliphatic rings. The van der Waals surface area contributed by atoms with Crippen LogP contribution in [0.1, 0.15) is 32.8 Å². The highest BCUT2D eigenvalue weighted by molar-refractivity contribution is 5.75. The number of carbonyl (C=O) groups excluding carboxylic acids is 1. The Labute approximate surface area is 115 Å². The van der Waals surface area contributed by atoms with Crippen LogP contribution in [0.15, 0.2) is 24.3 Å². The second-order valence-corrected chi connectivity index (χ2v) is 4.17. The van der Waals surface area contributed by atoms with Crippen molar-refractivity contribution in [2.75, 3.05) is 13.2 Å². The Morgan fingerprint density at radius 1 is 1.26 bits per heavy atom. The number of nitrogens with one attached hydrogen (secondary N) is 1. The number of benzene rings is 1. The van der Waals surface area contributed by atoms with Gasteiger partial charge in [-0.25, -0.2) is 0 Å². The van der Waals surface area contributed by atoms with Crippen molar-refractivity contribution in [3.8, 4) is 5.75 Å². The highest BCUT2D eigenvalue weighted by Crippen LogP contribution is 2.13. The summed E-state index contributed by atoms with van der Waals surface area (Å²) in [5.41, 5.74) is 1.09. The Balaban J connectivity index is 2.54. The highest BCUT2D eigenvalue weighted by atomic mass is 16.5. The zero-order valence-electron chi connectivity index (χ0n) is 11.9. The predicted molar refractivity (Wildman–Crippen MR) is 75.2 cm³/mol. The van der Waals surface area contributed by atoms with Gasteiger partial charge in [0.25, 0.3) is 0 Å². The quantitative estimate of drug-likeness (QED) is 0.734. The SMILES string of the molecule is CCOC(=O)C(CC)NCc1cccc(OCC)c1. The Bertz CT molecular complexity index is 393. The first-order chi connectivity index (χ1) is 9.21. The lowest BCUT2D eigenvalue weighted by Crippen LogP contribution is -2.37. The van der Waals surface area contributed by atoms with Crippen LogP contribution >= 0.6 is 0 Å². The molecular weight excluding hydrogens is 242 g/mol. The van der Waals surface area contributed by atoms with Gasteiger partial charge < -0.3 is 14.8 Å². The van der Waals surface area contributed by atoms with E-state index < -0.39 is 0 Å². The first-order valence-electron chi connectivity index (χ1n) is 6.83. The third-order valence-corrected chi connectivity index (χ3v) is 2.74. The molecule has 0 amide bonds. The fourth-order valence-electron chi connectivity index (χ4n) is 1.79. The van der Waals surface area contributed by atoms with Gasteiger partial charge in [0.1, 0.15) is 11.8 Å². The van der Waals surface area contributed by atoms with Crippen molar-refractivity contribution < 1.29 is 14.3 Å². The largest absolute Gasteiger partial charge is 0.494 e. The van der Waals surface area contributed by atoms with Crippen molar-refractivity contribution in [3.63, 3.8) is 0 Å². The fourth-order valence-corrected chi connectivity index (χ4v) is 1.79. The number of rotatable bonds is 8. The zero-order valence-corrected chi connectivity index (χ0v) is 11.9. The number of carbonyl (C=O) groups is 1. The van der Waals surface area contributed by atoms with E-state index in [0.29, 0.717) is 26.2 Å². The van der Waals surface area contributed by atoms with Crippen LogP contribution in [-0.4, -0.2) is 25.2 Å². The molecule has 1 aromatic rings. The van der Waals surface area contributed by atoms with Gasteiger partial charge in [-0.3, -0.25) is 4.79 Å². The van der Waals surface area contributed by atoms with Gasteiger partial charge in [-0.2, -0.15) is 0 Å². The van der Waals surface area contributed by atoms with E-state index in [-0.39, 0.29) is 12.0 Å². The number of ether oxygens (including phenoxy) is 2. The van der Waals surface area contributed by atoms with E-state index in [0.717, 1.165) is 11.3 Å². The van der Waals surface area contributed by atoms with Crippen LogP contribution < -0.4 is 10.1 Å². The maximum atomic E-state index is 11.7. The molecule has 0 fully saturated rings. The lowest BCUT2D eigenvalue weighted by Gasteiger charge is -2.15. The van der Waals surface area contributed by atoms with Crippen molar-refractivity contribution >= 4 is 5.97 Å². The van der Waals surface area contributed by atoms with E-state index in [1.807, 2.05) is 45.0 Å². The van der Waals surface area contributed by atoms with Crippen molar-refractivity contribution in [2.45, 2.75) is 39.8 Å². The Hall–Kier alpha value is -1.55. The molecule has 0 aliphatic heterocycles. The normalized spacial score (nSPS) is 11.9. The van der Waals surface area contributed by atoms with Gasteiger partial charge >= 0.3 is 5.97 Å². The summed E-state index contributed by atoms with van der Waals surface area (Å²) < 4.78 is 10.5. The Morgan fingerprint density at radius 3 is 2.68 bits per heavy atom. The van der Waals surface area contributed by atoms with Gasteiger partial charge in [-0.05, 0) is 38.0 Å². The third kappa shape index (κ3) is 5.30. The molecule has 0 aliphatic carbocycles. The molecule has 4 heteroatoms. The smallest absolute Gasteiger partial charge is 0.323 e. The van der Waals surface area contributed by atoms with Crippen LogP contribution in [0.3, 0.4) is 0 Å². The summed E-state index contributed by atoms with van der Waals surface area (Å²) in [6.45, 7) is 7.42. The van der Waals surface area contributed by atoms with Crippen LogP contribution in [0.4, 0.5) is 0 Å². The molecule has 0 saturated carbocycles. The van der Waals surface area contributed by atoms with Crippen LogP contribution in [0, 0.1) is 0 Å². The maximum Gasteiger partial charge on any atom is 0.323 e. The summed E-state index contributed by atoms with van der Waals surface area (Å²) in [6, 6.07) is 7.61.